The molecule has 1 heterocycles. The number of esters is 1. The first-order valence-corrected chi connectivity index (χ1v) is 9.47. The lowest BCUT2D eigenvalue weighted by Gasteiger charge is -2.10. The van der Waals surface area contributed by atoms with Crippen molar-refractivity contribution in [3.8, 4) is 0 Å². The highest BCUT2D eigenvalue weighted by Gasteiger charge is 2.14. The second kappa shape index (κ2) is 8.87. The zero-order chi connectivity index (χ0) is 21.0. The second-order valence-corrected chi connectivity index (χ2v) is 6.80. The number of rotatable bonds is 6. The summed E-state index contributed by atoms with van der Waals surface area (Å²) in [5.41, 5.74) is 2.37. The highest BCUT2D eigenvalue weighted by atomic mass is 35.5. The van der Waals surface area contributed by atoms with Crippen molar-refractivity contribution in [2.75, 3.05) is 6.61 Å². The topological polar surface area (TPSA) is 90.3 Å². The standard InChI is InChI=1S/C21H20ClN3O4/c1-3-25-18-9-8-14(10-17(18)24-13(2)20(25)27)21(28)29-12-19(26)23-11-15-6-4-5-7-16(15)22/h4-10H,3,11-12H2,1-2H3,(H,23,26). The molecule has 0 saturated heterocycles. The fraction of sp³-hybridized carbons (Fsp3) is 0.238. The van der Waals surface area contributed by atoms with Crippen molar-refractivity contribution in [1.82, 2.24) is 14.9 Å². The van der Waals surface area contributed by atoms with Crippen molar-refractivity contribution < 1.29 is 14.3 Å². The number of nitrogens with one attached hydrogen (secondary N) is 1. The van der Waals surface area contributed by atoms with E-state index in [4.69, 9.17) is 16.3 Å². The zero-order valence-electron chi connectivity index (χ0n) is 16.1. The zero-order valence-corrected chi connectivity index (χ0v) is 16.8. The van der Waals surface area contributed by atoms with E-state index in [1.165, 1.54) is 0 Å². The molecular weight excluding hydrogens is 394 g/mol. The van der Waals surface area contributed by atoms with Gasteiger partial charge >= 0.3 is 5.97 Å². The largest absolute Gasteiger partial charge is 0.452 e. The Kier molecular flexibility index (Phi) is 6.29. The summed E-state index contributed by atoms with van der Waals surface area (Å²) in [5.74, 6) is -1.08. The molecule has 0 unspecified atom stereocenters. The van der Waals surface area contributed by atoms with Gasteiger partial charge in [0.25, 0.3) is 11.5 Å². The van der Waals surface area contributed by atoms with Crippen LogP contribution in [0.3, 0.4) is 0 Å². The molecule has 1 N–H and O–H groups in total. The van der Waals surface area contributed by atoms with E-state index in [-0.39, 0.29) is 17.7 Å². The lowest BCUT2D eigenvalue weighted by atomic mass is 10.2. The van der Waals surface area contributed by atoms with Crippen LogP contribution in [0.2, 0.25) is 5.02 Å². The Balaban J connectivity index is 1.65. The van der Waals surface area contributed by atoms with E-state index in [0.717, 1.165) is 5.56 Å². The van der Waals surface area contributed by atoms with Gasteiger partial charge in [-0.05, 0) is 43.7 Å². The molecular formula is C21H20ClN3O4. The summed E-state index contributed by atoms with van der Waals surface area (Å²) in [6.07, 6.45) is 0. The minimum atomic E-state index is -0.645. The monoisotopic (exact) mass is 413 g/mol. The Hall–Kier alpha value is -3.19. The number of nitrogens with zero attached hydrogens (tertiary/aromatic N) is 2. The van der Waals surface area contributed by atoms with Gasteiger partial charge in [0, 0.05) is 18.1 Å². The molecule has 3 rings (SSSR count). The molecule has 8 heteroatoms. The first kappa shape index (κ1) is 20.5. The third-order valence-electron chi connectivity index (χ3n) is 4.43. The summed E-state index contributed by atoms with van der Waals surface area (Å²) in [6, 6.07) is 11.9. The molecule has 1 aromatic heterocycles. The number of carbonyl (C=O) groups is 2. The molecule has 29 heavy (non-hydrogen) atoms. The highest BCUT2D eigenvalue weighted by molar-refractivity contribution is 6.31. The van der Waals surface area contributed by atoms with Crippen molar-refractivity contribution in [1.29, 1.82) is 0 Å². The molecule has 3 aromatic rings. The Morgan fingerprint density at radius 1 is 1.21 bits per heavy atom. The van der Waals surface area contributed by atoms with Crippen LogP contribution in [0.25, 0.3) is 11.0 Å². The number of halogens is 1. The SMILES string of the molecule is CCn1c(=O)c(C)nc2cc(C(=O)OCC(=O)NCc3ccccc3Cl)ccc21. The molecule has 2 aromatic carbocycles. The fourth-order valence-corrected chi connectivity index (χ4v) is 3.12. The third kappa shape index (κ3) is 4.63. The smallest absolute Gasteiger partial charge is 0.338 e. The number of hydrogen-bond acceptors (Lipinski definition) is 5. The second-order valence-electron chi connectivity index (χ2n) is 6.39. The van der Waals surface area contributed by atoms with Crippen LogP contribution in [-0.4, -0.2) is 28.0 Å². The van der Waals surface area contributed by atoms with Crippen LogP contribution in [0, 0.1) is 6.92 Å². The maximum absolute atomic E-state index is 12.3. The lowest BCUT2D eigenvalue weighted by Crippen LogP contribution is -2.28. The van der Waals surface area contributed by atoms with Crippen molar-refractivity contribution in [3.63, 3.8) is 0 Å². The number of carbonyl (C=O) groups excluding carboxylic acids is 2. The van der Waals surface area contributed by atoms with Crippen LogP contribution in [-0.2, 0) is 22.6 Å². The van der Waals surface area contributed by atoms with Crippen molar-refractivity contribution in [3.05, 3.63) is 74.7 Å². The van der Waals surface area contributed by atoms with Gasteiger partial charge in [0.05, 0.1) is 16.6 Å². The van der Waals surface area contributed by atoms with E-state index in [2.05, 4.69) is 10.3 Å². The van der Waals surface area contributed by atoms with Crippen LogP contribution in [0.4, 0.5) is 0 Å². The maximum Gasteiger partial charge on any atom is 0.338 e. The molecule has 0 spiro atoms. The van der Waals surface area contributed by atoms with Crippen molar-refractivity contribution in [2.45, 2.75) is 26.9 Å². The Morgan fingerprint density at radius 2 is 1.97 bits per heavy atom. The summed E-state index contributed by atoms with van der Waals surface area (Å²) in [5, 5.41) is 3.20. The van der Waals surface area contributed by atoms with Gasteiger partial charge in [0.1, 0.15) is 5.69 Å². The number of amides is 1. The molecule has 150 valence electrons. The molecule has 7 nitrogen and oxygen atoms in total. The molecule has 0 fully saturated rings. The number of hydrogen-bond donors (Lipinski definition) is 1. The number of fused-ring (bicyclic) bond motifs is 1. The fourth-order valence-electron chi connectivity index (χ4n) is 2.92. The van der Waals surface area contributed by atoms with Crippen molar-refractivity contribution in [2.24, 2.45) is 0 Å². The predicted octanol–water partition coefficient (Wildman–Crippen LogP) is 2.85. The molecule has 0 bridgehead atoms. The van der Waals surface area contributed by atoms with Crippen LogP contribution in [0.15, 0.2) is 47.3 Å². The Labute approximate surface area is 172 Å². The molecule has 0 saturated carbocycles. The summed E-state index contributed by atoms with van der Waals surface area (Å²) < 4.78 is 6.68. The van der Waals surface area contributed by atoms with Gasteiger partial charge < -0.3 is 14.6 Å². The molecule has 0 aliphatic rings. The summed E-state index contributed by atoms with van der Waals surface area (Å²) in [4.78, 5) is 40.7. The van der Waals surface area contributed by atoms with Gasteiger partial charge in [-0.3, -0.25) is 9.59 Å². The van der Waals surface area contributed by atoms with Gasteiger partial charge in [-0.1, -0.05) is 29.8 Å². The molecule has 0 atom stereocenters. The number of benzene rings is 2. The molecule has 0 aliphatic heterocycles. The van der Waals surface area contributed by atoms with Gasteiger partial charge in [-0.2, -0.15) is 0 Å². The number of aryl methyl sites for hydroxylation is 2. The van der Waals surface area contributed by atoms with Gasteiger partial charge in [0.15, 0.2) is 6.61 Å². The average Bonchev–Trinajstić information content (AvgIpc) is 2.72. The summed E-state index contributed by atoms with van der Waals surface area (Å²) >= 11 is 6.04. The predicted molar refractivity (Wildman–Crippen MR) is 110 cm³/mol. The highest BCUT2D eigenvalue weighted by Crippen LogP contribution is 2.15. The minimum absolute atomic E-state index is 0.162. The molecule has 0 aliphatic carbocycles. The number of ether oxygens (including phenoxy) is 1. The number of aromatic nitrogens is 2. The van der Waals surface area contributed by atoms with Crippen LogP contribution >= 0.6 is 11.6 Å². The lowest BCUT2D eigenvalue weighted by molar-refractivity contribution is -0.124. The average molecular weight is 414 g/mol. The van der Waals surface area contributed by atoms with Crippen LogP contribution in [0.5, 0.6) is 0 Å². The van der Waals surface area contributed by atoms with Crippen molar-refractivity contribution >= 4 is 34.5 Å². The van der Waals surface area contributed by atoms with Gasteiger partial charge in [-0.15, -0.1) is 0 Å². The summed E-state index contributed by atoms with van der Waals surface area (Å²) in [6.45, 7) is 3.81. The van der Waals surface area contributed by atoms with E-state index in [1.807, 2.05) is 13.0 Å². The van der Waals surface area contributed by atoms with E-state index < -0.39 is 18.5 Å². The third-order valence-corrected chi connectivity index (χ3v) is 4.80. The summed E-state index contributed by atoms with van der Waals surface area (Å²) in [7, 11) is 0. The first-order valence-electron chi connectivity index (χ1n) is 9.09. The van der Waals surface area contributed by atoms with E-state index in [1.54, 1.807) is 47.9 Å². The minimum Gasteiger partial charge on any atom is -0.452 e. The van der Waals surface area contributed by atoms with Crippen LogP contribution in [0.1, 0.15) is 28.5 Å². The van der Waals surface area contributed by atoms with E-state index >= 15 is 0 Å². The first-order chi connectivity index (χ1) is 13.9. The van der Waals surface area contributed by atoms with E-state index in [0.29, 0.717) is 28.3 Å². The normalized spacial score (nSPS) is 10.7. The molecule has 1 amide bonds. The van der Waals surface area contributed by atoms with Crippen LogP contribution < -0.4 is 10.9 Å². The Morgan fingerprint density at radius 3 is 2.69 bits per heavy atom. The Bertz CT molecular complexity index is 1140. The van der Waals surface area contributed by atoms with Gasteiger partial charge in [0.2, 0.25) is 0 Å². The molecule has 0 radical (unpaired) electrons. The maximum atomic E-state index is 12.3. The van der Waals surface area contributed by atoms with Gasteiger partial charge in [-0.25, -0.2) is 9.78 Å². The van der Waals surface area contributed by atoms with E-state index in [9.17, 15) is 14.4 Å². The quantitative estimate of drug-likeness (QED) is 0.627.